The molecular formula is C8H13N. The second-order valence-electron chi connectivity index (χ2n) is 2.08. The summed E-state index contributed by atoms with van der Waals surface area (Å²) in [6, 6.07) is -0.141. The summed E-state index contributed by atoms with van der Waals surface area (Å²) in [6.07, 6.45) is 6.78. The zero-order valence-electron chi connectivity index (χ0n) is 5.85. The Morgan fingerprint density at radius 3 is 2.78 bits per heavy atom. The maximum absolute atomic E-state index is 5.45. The van der Waals surface area contributed by atoms with Gasteiger partial charge in [0.25, 0.3) is 0 Å². The van der Waals surface area contributed by atoms with Crippen molar-refractivity contribution < 1.29 is 0 Å². The van der Waals surface area contributed by atoms with E-state index in [9.17, 15) is 0 Å². The number of nitrogens with two attached hydrogens (primary N) is 1. The van der Waals surface area contributed by atoms with Crippen LogP contribution in [0.3, 0.4) is 0 Å². The maximum atomic E-state index is 5.45. The zero-order chi connectivity index (χ0) is 7.28. The molecule has 0 radical (unpaired) electrons. The molecule has 0 bridgehead atoms. The van der Waals surface area contributed by atoms with E-state index < -0.39 is 0 Å². The molecule has 1 heteroatoms. The molecule has 0 aromatic carbocycles. The van der Waals surface area contributed by atoms with Crippen LogP contribution < -0.4 is 5.73 Å². The van der Waals surface area contributed by atoms with Gasteiger partial charge < -0.3 is 5.73 Å². The van der Waals surface area contributed by atoms with Gasteiger partial charge in [-0.2, -0.15) is 0 Å². The summed E-state index contributed by atoms with van der Waals surface area (Å²) in [5, 5.41) is 0. The van der Waals surface area contributed by atoms with Gasteiger partial charge in [0.1, 0.15) is 0 Å². The van der Waals surface area contributed by atoms with E-state index in [1.807, 2.05) is 6.92 Å². The predicted molar refractivity (Wildman–Crippen MR) is 40.9 cm³/mol. The standard InChI is InChI=1S/C8H13N/c1-4-7(3)6-8(9)5-2/h2,8H,3-4,6,9H2,1H3. The lowest BCUT2D eigenvalue weighted by molar-refractivity contribution is 0.799. The minimum absolute atomic E-state index is 0.141. The summed E-state index contributed by atoms with van der Waals surface area (Å²) >= 11 is 0. The molecule has 0 saturated heterocycles. The van der Waals surface area contributed by atoms with Crippen molar-refractivity contribution in [3.05, 3.63) is 12.2 Å². The Bertz CT molecular complexity index is 130. The Morgan fingerprint density at radius 2 is 2.44 bits per heavy atom. The maximum Gasteiger partial charge on any atom is 0.0699 e. The molecule has 0 spiro atoms. The van der Waals surface area contributed by atoms with Crippen molar-refractivity contribution in [1.29, 1.82) is 0 Å². The van der Waals surface area contributed by atoms with Crippen molar-refractivity contribution in [3.63, 3.8) is 0 Å². The van der Waals surface area contributed by atoms with E-state index in [1.54, 1.807) is 0 Å². The van der Waals surface area contributed by atoms with Gasteiger partial charge in [0.05, 0.1) is 6.04 Å². The number of rotatable bonds is 3. The first-order valence-corrected chi connectivity index (χ1v) is 3.09. The van der Waals surface area contributed by atoms with Crippen molar-refractivity contribution in [2.75, 3.05) is 0 Å². The van der Waals surface area contributed by atoms with Crippen molar-refractivity contribution >= 4 is 0 Å². The van der Waals surface area contributed by atoms with E-state index in [4.69, 9.17) is 12.2 Å². The van der Waals surface area contributed by atoms with Crippen LogP contribution in [0.5, 0.6) is 0 Å². The van der Waals surface area contributed by atoms with Crippen LogP contribution in [0.1, 0.15) is 19.8 Å². The second kappa shape index (κ2) is 4.17. The van der Waals surface area contributed by atoms with Gasteiger partial charge in [0, 0.05) is 0 Å². The number of hydrogen-bond acceptors (Lipinski definition) is 1. The normalized spacial score (nSPS) is 12.1. The summed E-state index contributed by atoms with van der Waals surface area (Å²) in [5.41, 5.74) is 6.58. The van der Waals surface area contributed by atoms with Gasteiger partial charge in [0.15, 0.2) is 0 Å². The van der Waals surface area contributed by atoms with Gasteiger partial charge in [-0.3, -0.25) is 0 Å². The Balaban J connectivity index is 3.50. The molecular weight excluding hydrogens is 110 g/mol. The van der Waals surface area contributed by atoms with Crippen LogP contribution >= 0.6 is 0 Å². The summed E-state index contributed by atoms with van der Waals surface area (Å²) in [4.78, 5) is 0. The lowest BCUT2D eigenvalue weighted by atomic mass is 10.1. The highest BCUT2D eigenvalue weighted by Gasteiger charge is 1.97. The Hall–Kier alpha value is -0.740. The van der Waals surface area contributed by atoms with E-state index in [0.29, 0.717) is 0 Å². The third-order valence-electron chi connectivity index (χ3n) is 1.22. The summed E-state index contributed by atoms with van der Waals surface area (Å²) in [5.74, 6) is 2.45. The highest BCUT2D eigenvalue weighted by atomic mass is 14.6. The molecule has 50 valence electrons. The molecule has 1 atom stereocenters. The minimum Gasteiger partial charge on any atom is -0.317 e. The molecule has 0 aromatic heterocycles. The van der Waals surface area contributed by atoms with Gasteiger partial charge in [-0.15, -0.1) is 6.42 Å². The number of hydrogen-bond donors (Lipinski definition) is 1. The van der Waals surface area contributed by atoms with E-state index >= 15 is 0 Å². The van der Waals surface area contributed by atoms with Crippen LogP contribution in [0, 0.1) is 12.3 Å². The molecule has 0 aliphatic carbocycles. The second-order valence-corrected chi connectivity index (χ2v) is 2.08. The molecule has 1 unspecified atom stereocenters. The molecule has 0 aliphatic heterocycles. The van der Waals surface area contributed by atoms with Crippen molar-refractivity contribution in [1.82, 2.24) is 0 Å². The summed E-state index contributed by atoms with van der Waals surface area (Å²) in [6.45, 7) is 5.83. The highest BCUT2D eigenvalue weighted by molar-refractivity contribution is 5.06. The molecule has 0 saturated carbocycles. The SMILES string of the molecule is C#CC(N)CC(=C)CC. The van der Waals surface area contributed by atoms with Gasteiger partial charge in [-0.25, -0.2) is 0 Å². The summed E-state index contributed by atoms with van der Waals surface area (Å²) < 4.78 is 0. The average Bonchev–Trinajstić information content (AvgIpc) is 1.87. The first kappa shape index (κ1) is 8.26. The van der Waals surface area contributed by atoms with Crippen molar-refractivity contribution in [2.24, 2.45) is 5.73 Å². The Kier molecular flexibility index (Phi) is 3.83. The smallest absolute Gasteiger partial charge is 0.0699 e. The minimum atomic E-state index is -0.141. The predicted octanol–water partition coefficient (Wildman–Crippen LogP) is 1.30. The van der Waals surface area contributed by atoms with Crippen LogP contribution in [-0.2, 0) is 0 Å². The van der Waals surface area contributed by atoms with Crippen LogP contribution in [0.15, 0.2) is 12.2 Å². The average molecular weight is 123 g/mol. The molecule has 0 aromatic rings. The largest absolute Gasteiger partial charge is 0.317 e. The van der Waals surface area contributed by atoms with Crippen LogP contribution in [0.25, 0.3) is 0 Å². The van der Waals surface area contributed by atoms with Gasteiger partial charge in [-0.1, -0.05) is 25.0 Å². The van der Waals surface area contributed by atoms with E-state index in [-0.39, 0.29) is 6.04 Å². The third kappa shape index (κ3) is 3.81. The highest BCUT2D eigenvalue weighted by Crippen LogP contribution is 2.03. The first-order chi connectivity index (χ1) is 4.20. The van der Waals surface area contributed by atoms with Gasteiger partial charge in [-0.05, 0) is 12.8 Å². The fraction of sp³-hybridized carbons (Fsp3) is 0.500. The fourth-order valence-electron chi connectivity index (χ4n) is 0.514. The Labute approximate surface area is 56.9 Å². The van der Waals surface area contributed by atoms with E-state index in [0.717, 1.165) is 18.4 Å². The zero-order valence-corrected chi connectivity index (χ0v) is 5.85. The molecule has 0 heterocycles. The van der Waals surface area contributed by atoms with Gasteiger partial charge >= 0.3 is 0 Å². The Morgan fingerprint density at radius 1 is 1.89 bits per heavy atom. The topological polar surface area (TPSA) is 26.0 Å². The van der Waals surface area contributed by atoms with Crippen LogP contribution in [0.2, 0.25) is 0 Å². The molecule has 1 nitrogen and oxygen atoms in total. The molecule has 0 aliphatic rings. The fourth-order valence-corrected chi connectivity index (χ4v) is 0.514. The van der Waals surface area contributed by atoms with Gasteiger partial charge in [0.2, 0.25) is 0 Å². The lowest BCUT2D eigenvalue weighted by Gasteiger charge is -2.03. The van der Waals surface area contributed by atoms with Crippen LogP contribution in [-0.4, -0.2) is 6.04 Å². The molecule has 2 N–H and O–H groups in total. The first-order valence-electron chi connectivity index (χ1n) is 3.09. The number of terminal acetylenes is 1. The van der Waals surface area contributed by atoms with Crippen molar-refractivity contribution in [2.45, 2.75) is 25.8 Å². The van der Waals surface area contributed by atoms with Crippen molar-refractivity contribution in [3.8, 4) is 12.3 Å². The van der Waals surface area contributed by atoms with E-state index in [2.05, 4.69) is 12.5 Å². The lowest BCUT2D eigenvalue weighted by Crippen LogP contribution is -2.17. The summed E-state index contributed by atoms with van der Waals surface area (Å²) in [7, 11) is 0. The monoisotopic (exact) mass is 123 g/mol. The third-order valence-corrected chi connectivity index (χ3v) is 1.22. The molecule has 0 fully saturated rings. The molecule has 0 amide bonds. The molecule has 0 rings (SSSR count). The van der Waals surface area contributed by atoms with Crippen LogP contribution in [0.4, 0.5) is 0 Å². The van der Waals surface area contributed by atoms with E-state index in [1.165, 1.54) is 0 Å². The quantitative estimate of drug-likeness (QED) is 0.444. The molecule has 9 heavy (non-hydrogen) atoms.